The van der Waals surface area contributed by atoms with Crippen LogP contribution in [-0.2, 0) is 4.79 Å². The Bertz CT molecular complexity index is 1400. The lowest BCUT2D eigenvalue weighted by Crippen LogP contribution is -2.55. The highest BCUT2D eigenvalue weighted by Crippen LogP contribution is 2.33. The fourth-order valence-electron chi connectivity index (χ4n) is 5.29. The van der Waals surface area contributed by atoms with E-state index in [0.29, 0.717) is 38.0 Å². The Hall–Kier alpha value is -3.96. The molecule has 2 saturated heterocycles. The molecule has 10 nitrogen and oxygen atoms in total. The fraction of sp³-hybridized carbons (Fsp3) is 0.320. The molecule has 2 aliphatic rings. The number of hydrogen-bond acceptors (Lipinski definition) is 7. The molecule has 0 spiro atoms. The minimum Gasteiger partial charge on any atom is -0.357 e. The first-order valence-corrected chi connectivity index (χ1v) is 12.0. The van der Waals surface area contributed by atoms with Crippen LogP contribution < -0.4 is 0 Å². The summed E-state index contributed by atoms with van der Waals surface area (Å²) in [6, 6.07) is 10.8. The van der Waals surface area contributed by atoms with Crippen molar-refractivity contribution in [3.63, 3.8) is 0 Å². The number of carbonyl (C=O) groups excluding carboxylic acids is 2. The highest BCUT2D eigenvalue weighted by atomic mass is 19.1. The molecule has 1 amide bonds. The number of piperazine rings is 1. The minimum absolute atomic E-state index is 0.0117. The van der Waals surface area contributed by atoms with Crippen LogP contribution in [0.1, 0.15) is 34.8 Å². The lowest BCUT2D eigenvalue weighted by molar-refractivity contribution is -0.132. The number of H-pyrrole nitrogens is 1. The summed E-state index contributed by atoms with van der Waals surface area (Å²) in [6.45, 7) is 3.12. The Balaban J connectivity index is 1.17. The summed E-state index contributed by atoms with van der Waals surface area (Å²) in [6.07, 6.45) is 7.63. The van der Waals surface area contributed by atoms with E-state index >= 15 is 0 Å². The summed E-state index contributed by atoms with van der Waals surface area (Å²) < 4.78 is 16.1. The molecule has 2 aliphatic heterocycles. The average molecular weight is 489 g/mol. The first kappa shape index (κ1) is 22.5. The molecule has 0 bridgehead atoms. The van der Waals surface area contributed by atoms with Gasteiger partial charge in [0, 0.05) is 45.0 Å². The molecule has 0 saturated carbocycles. The second-order valence-corrected chi connectivity index (χ2v) is 9.04. The SMILES string of the molecule is O=C(C(=O)N1CCN(N2CCCC2c2ccccc2)CC1)c1c[nH]c2c(-n3ccnn3)ncc(F)c12. The molecule has 1 atom stereocenters. The van der Waals surface area contributed by atoms with E-state index in [-0.39, 0.29) is 16.5 Å². The van der Waals surface area contributed by atoms with Crippen molar-refractivity contribution in [1.82, 2.24) is 39.9 Å². The maximum atomic E-state index is 14.8. The molecule has 1 aromatic carbocycles. The van der Waals surface area contributed by atoms with Crippen LogP contribution in [0.25, 0.3) is 16.7 Å². The van der Waals surface area contributed by atoms with Crippen LogP contribution in [0.5, 0.6) is 0 Å². The number of nitrogens with one attached hydrogen (secondary N) is 1. The predicted molar refractivity (Wildman–Crippen MR) is 129 cm³/mol. The van der Waals surface area contributed by atoms with Crippen LogP contribution >= 0.6 is 0 Å². The van der Waals surface area contributed by atoms with Crippen LogP contribution in [0.2, 0.25) is 0 Å². The van der Waals surface area contributed by atoms with Crippen LogP contribution in [-0.4, -0.2) is 84.3 Å². The molecule has 36 heavy (non-hydrogen) atoms. The second-order valence-electron chi connectivity index (χ2n) is 9.04. The molecule has 11 heteroatoms. The van der Waals surface area contributed by atoms with E-state index in [0.717, 1.165) is 25.6 Å². The fourth-order valence-corrected chi connectivity index (χ4v) is 5.29. The van der Waals surface area contributed by atoms with Gasteiger partial charge in [-0.05, 0) is 18.4 Å². The first-order chi connectivity index (χ1) is 17.6. The van der Waals surface area contributed by atoms with Crippen LogP contribution in [0.4, 0.5) is 4.39 Å². The number of nitrogens with zero attached hydrogens (tertiary/aromatic N) is 7. The maximum absolute atomic E-state index is 14.8. The Morgan fingerprint density at radius 1 is 1.06 bits per heavy atom. The van der Waals surface area contributed by atoms with Crippen LogP contribution in [0.3, 0.4) is 0 Å². The molecular weight excluding hydrogens is 463 g/mol. The molecule has 2 fully saturated rings. The molecule has 5 heterocycles. The van der Waals surface area contributed by atoms with Gasteiger partial charge in [0.05, 0.1) is 35.1 Å². The molecular formula is C25H25FN8O2. The molecule has 1 unspecified atom stereocenters. The van der Waals surface area contributed by atoms with Crippen molar-refractivity contribution < 1.29 is 14.0 Å². The Labute approximate surface area is 206 Å². The van der Waals surface area contributed by atoms with Crippen molar-refractivity contribution in [1.29, 1.82) is 0 Å². The predicted octanol–water partition coefficient (Wildman–Crippen LogP) is 2.36. The minimum atomic E-state index is -0.743. The number of amides is 1. The first-order valence-electron chi connectivity index (χ1n) is 12.0. The number of ketones is 1. The van der Waals surface area contributed by atoms with Gasteiger partial charge in [0.1, 0.15) is 0 Å². The number of aromatic amines is 1. The summed E-state index contributed by atoms with van der Waals surface area (Å²) in [7, 11) is 0. The molecule has 1 N–H and O–H groups in total. The van der Waals surface area contributed by atoms with E-state index in [4.69, 9.17) is 0 Å². The van der Waals surface area contributed by atoms with E-state index in [1.165, 1.54) is 22.6 Å². The lowest BCUT2D eigenvalue weighted by atomic mass is 10.1. The van der Waals surface area contributed by atoms with Gasteiger partial charge < -0.3 is 9.88 Å². The van der Waals surface area contributed by atoms with Gasteiger partial charge in [0.15, 0.2) is 11.6 Å². The average Bonchev–Trinajstić information content (AvgIpc) is 3.70. The van der Waals surface area contributed by atoms with Crippen molar-refractivity contribution >= 4 is 22.6 Å². The Morgan fingerprint density at radius 2 is 1.86 bits per heavy atom. The molecule has 6 rings (SSSR count). The summed E-state index contributed by atoms with van der Waals surface area (Å²) in [5, 5.41) is 12.3. The van der Waals surface area contributed by atoms with Crippen LogP contribution in [0.15, 0.2) is 55.1 Å². The molecule has 0 aliphatic carbocycles. The van der Waals surface area contributed by atoms with Crippen molar-refractivity contribution in [2.24, 2.45) is 0 Å². The van der Waals surface area contributed by atoms with E-state index in [2.05, 4.69) is 54.6 Å². The quantitative estimate of drug-likeness (QED) is 0.340. The van der Waals surface area contributed by atoms with Crippen molar-refractivity contribution in [3.05, 3.63) is 72.1 Å². The number of Topliss-reactive ketones (excluding diaryl/α,β-unsaturated/α-hetero) is 1. The monoisotopic (exact) mass is 488 g/mol. The number of fused-ring (bicyclic) bond motifs is 1. The Kier molecular flexibility index (Phi) is 5.78. The summed E-state index contributed by atoms with van der Waals surface area (Å²) >= 11 is 0. The van der Waals surface area contributed by atoms with Gasteiger partial charge in [-0.25, -0.2) is 24.1 Å². The third kappa shape index (κ3) is 3.86. The lowest BCUT2D eigenvalue weighted by Gasteiger charge is -2.42. The third-order valence-electron chi connectivity index (χ3n) is 7.04. The zero-order chi connectivity index (χ0) is 24.6. The van der Waals surface area contributed by atoms with Crippen molar-refractivity contribution in [3.8, 4) is 5.82 Å². The number of hydrogen-bond donors (Lipinski definition) is 1. The van der Waals surface area contributed by atoms with Crippen molar-refractivity contribution in [2.45, 2.75) is 18.9 Å². The zero-order valence-electron chi connectivity index (χ0n) is 19.5. The van der Waals surface area contributed by atoms with Gasteiger partial charge >= 0.3 is 0 Å². The highest BCUT2D eigenvalue weighted by Gasteiger charge is 2.35. The number of carbonyl (C=O) groups is 2. The van der Waals surface area contributed by atoms with Crippen molar-refractivity contribution in [2.75, 3.05) is 32.7 Å². The summed E-state index contributed by atoms with van der Waals surface area (Å²) in [5.41, 5.74) is 1.56. The summed E-state index contributed by atoms with van der Waals surface area (Å²) in [5.74, 6) is -1.76. The smallest absolute Gasteiger partial charge is 0.295 e. The number of rotatable bonds is 5. The third-order valence-corrected chi connectivity index (χ3v) is 7.04. The largest absolute Gasteiger partial charge is 0.357 e. The van der Waals surface area contributed by atoms with Gasteiger partial charge in [0.25, 0.3) is 11.7 Å². The number of pyridine rings is 1. The molecule has 0 radical (unpaired) electrons. The number of halogens is 1. The molecule has 3 aromatic heterocycles. The van der Waals surface area contributed by atoms with E-state index in [9.17, 15) is 14.0 Å². The topological polar surface area (TPSA) is 103 Å². The van der Waals surface area contributed by atoms with Gasteiger partial charge in [-0.2, -0.15) is 0 Å². The number of aromatic nitrogens is 5. The van der Waals surface area contributed by atoms with E-state index in [1.54, 1.807) is 11.1 Å². The zero-order valence-corrected chi connectivity index (χ0v) is 19.5. The van der Waals surface area contributed by atoms with Crippen LogP contribution in [0, 0.1) is 5.82 Å². The summed E-state index contributed by atoms with van der Waals surface area (Å²) in [4.78, 5) is 34.8. The standard InChI is InChI=1S/C25H25FN8O2/c26-19-16-28-24(33-10-8-29-30-33)22-21(19)18(15-27-22)23(35)25(36)31-11-13-32(14-12-31)34-9-4-7-20(34)17-5-2-1-3-6-17/h1-3,5-6,8,10,15-16,20,27H,4,7,9,11-14H2. The van der Waals surface area contributed by atoms with Gasteiger partial charge in [-0.15, -0.1) is 5.10 Å². The molecule has 184 valence electrons. The maximum Gasteiger partial charge on any atom is 0.295 e. The Morgan fingerprint density at radius 3 is 2.61 bits per heavy atom. The van der Waals surface area contributed by atoms with Gasteiger partial charge in [-0.3, -0.25) is 9.59 Å². The highest BCUT2D eigenvalue weighted by molar-refractivity contribution is 6.45. The van der Waals surface area contributed by atoms with Gasteiger partial charge in [-0.1, -0.05) is 35.5 Å². The van der Waals surface area contributed by atoms with Gasteiger partial charge in [0.2, 0.25) is 0 Å². The number of hydrazine groups is 1. The second kappa shape index (κ2) is 9.25. The van der Waals surface area contributed by atoms with E-state index < -0.39 is 17.5 Å². The normalized spacial score (nSPS) is 19.2. The number of benzene rings is 1. The molecule has 4 aromatic rings. The van der Waals surface area contributed by atoms with E-state index in [1.807, 2.05) is 6.07 Å².